The second-order valence-electron chi connectivity index (χ2n) is 3.12. The van der Waals surface area contributed by atoms with Crippen molar-refractivity contribution in [3.05, 3.63) is 0 Å². The molecule has 1 N–H and O–H groups in total. The molecule has 4 nitrogen and oxygen atoms in total. The summed E-state index contributed by atoms with van der Waals surface area (Å²) in [5.74, 6) is 0. The molecule has 0 spiro atoms. The van der Waals surface area contributed by atoms with E-state index in [2.05, 4.69) is 6.92 Å². The van der Waals surface area contributed by atoms with Crippen molar-refractivity contribution in [2.75, 3.05) is 40.1 Å². The summed E-state index contributed by atoms with van der Waals surface area (Å²) in [6.07, 6.45) is 1.23. The normalized spacial score (nSPS) is 13.1. The van der Waals surface area contributed by atoms with E-state index in [4.69, 9.17) is 14.2 Å². The van der Waals surface area contributed by atoms with E-state index in [1.165, 1.54) is 0 Å². The van der Waals surface area contributed by atoms with Gasteiger partial charge in [0.25, 0.3) is 0 Å². The van der Waals surface area contributed by atoms with Gasteiger partial charge in [0.05, 0.1) is 25.9 Å². The number of methoxy groups -OCH3 is 1. The van der Waals surface area contributed by atoms with Gasteiger partial charge in [0.2, 0.25) is 0 Å². The second kappa shape index (κ2) is 10.9. The maximum absolute atomic E-state index is 9.25. The smallest absolute Gasteiger partial charge is 0.0795 e. The van der Waals surface area contributed by atoms with Gasteiger partial charge >= 0.3 is 0 Å². The van der Waals surface area contributed by atoms with Gasteiger partial charge < -0.3 is 19.3 Å². The molecule has 0 aliphatic carbocycles. The highest BCUT2D eigenvalue weighted by molar-refractivity contribution is 4.51. The fourth-order valence-corrected chi connectivity index (χ4v) is 0.961. The van der Waals surface area contributed by atoms with E-state index < -0.39 is 6.10 Å². The average Bonchev–Trinajstić information content (AvgIpc) is 2.17. The number of aliphatic hydroxyl groups excluding tert-OH is 1. The summed E-state index contributed by atoms with van der Waals surface area (Å²) in [5.41, 5.74) is 0. The summed E-state index contributed by atoms with van der Waals surface area (Å²) < 4.78 is 15.3. The SMILES string of the molecule is CCCOCCOCCC(O)COC. The van der Waals surface area contributed by atoms with E-state index in [1.807, 2.05) is 0 Å². The molecule has 86 valence electrons. The molecule has 0 fully saturated rings. The van der Waals surface area contributed by atoms with Crippen molar-refractivity contribution < 1.29 is 19.3 Å². The summed E-state index contributed by atoms with van der Waals surface area (Å²) in [6.45, 7) is 5.02. The summed E-state index contributed by atoms with van der Waals surface area (Å²) in [5, 5.41) is 9.25. The summed E-state index contributed by atoms with van der Waals surface area (Å²) >= 11 is 0. The first kappa shape index (κ1) is 13.8. The van der Waals surface area contributed by atoms with E-state index in [0.717, 1.165) is 13.0 Å². The molecule has 0 aromatic carbocycles. The molecular formula is C10H22O4. The molecule has 0 saturated carbocycles. The Morgan fingerprint density at radius 3 is 2.29 bits per heavy atom. The van der Waals surface area contributed by atoms with E-state index >= 15 is 0 Å². The number of rotatable bonds is 10. The Kier molecular flexibility index (Phi) is 10.8. The van der Waals surface area contributed by atoms with E-state index in [9.17, 15) is 5.11 Å². The van der Waals surface area contributed by atoms with Crippen LogP contribution in [0.15, 0.2) is 0 Å². The lowest BCUT2D eigenvalue weighted by Gasteiger charge is -2.09. The molecule has 0 aromatic rings. The zero-order chi connectivity index (χ0) is 10.6. The molecule has 0 aliphatic rings. The van der Waals surface area contributed by atoms with Gasteiger partial charge in [-0.15, -0.1) is 0 Å². The van der Waals surface area contributed by atoms with Crippen molar-refractivity contribution in [3.8, 4) is 0 Å². The van der Waals surface area contributed by atoms with Gasteiger partial charge in [-0.3, -0.25) is 0 Å². The highest BCUT2D eigenvalue weighted by Crippen LogP contribution is 1.93. The van der Waals surface area contributed by atoms with Crippen LogP contribution in [0.25, 0.3) is 0 Å². The third-order valence-corrected chi connectivity index (χ3v) is 1.67. The zero-order valence-corrected chi connectivity index (χ0v) is 9.20. The molecule has 0 rings (SSSR count). The van der Waals surface area contributed by atoms with Crippen molar-refractivity contribution in [1.29, 1.82) is 0 Å². The van der Waals surface area contributed by atoms with Crippen LogP contribution in [-0.4, -0.2) is 51.4 Å². The monoisotopic (exact) mass is 206 g/mol. The summed E-state index contributed by atoms with van der Waals surface area (Å²) in [7, 11) is 1.57. The minimum Gasteiger partial charge on any atom is -0.391 e. The average molecular weight is 206 g/mol. The molecule has 0 heterocycles. The number of aliphatic hydroxyl groups is 1. The highest BCUT2D eigenvalue weighted by Gasteiger charge is 2.02. The Bertz CT molecular complexity index is 108. The van der Waals surface area contributed by atoms with Crippen LogP contribution in [0, 0.1) is 0 Å². The molecule has 0 aromatic heterocycles. The molecular weight excluding hydrogens is 184 g/mol. The van der Waals surface area contributed by atoms with Crippen LogP contribution in [0.4, 0.5) is 0 Å². The molecule has 14 heavy (non-hydrogen) atoms. The maximum atomic E-state index is 9.25. The summed E-state index contributed by atoms with van der Waals surface area (Å²) in [4.78, 5) is 0. The van der Waals surface area contributed by atoms with Gasteiger partial charge in [-0.25, -0.2) is 0 Å². The van der Waals surface area contributed by atoms with Crippen molar-refractivity contribution >= 4 is 0 Å². The number of hydrogen-bond acceptors (Lipinski definition) is 4. The largest absolute Gasteiger partial charge is 0.391 e. The standard InChI is InChI=1S/C10H22O4/c1-3-5-13-7-8-14-6-4-10(11)9-12-2/h10-11H,3-9H2,1-2H3. The lowest BCUT2D eigenvalue weighted by Crippen LogP contribution is -2.17. The molecule has 0 amide bonds. The third-order valence-electron chi connectivity index (χ3n) is 1.67. The van der Waals surface area contributed by atoms with Crippen LogP contribution in [0.1, 0.15) is 19.8 Å². The topological polar surface area (TPSA) is 47.9 Å². The van der Waals surface area contributed by atoms with E-state index in [-0.39, 0.29) is 0 Å². The minimum absolute atomic E-state index is 0.371. The van der Waals surface area contributed by atoms with Crippen molar-refractivity contribution in [3.63, 3.8) is 0 Å². The van der Waals surface area contributed by atoms with Crippen LogP contribution < -0.4 is 0 Å². The first-order chi connectivity index (χ1) is 6.81. The second-order valence-corrected chi connectivity index (χ2v) is 3.12. The maximum Gasteiger partial charge on any atom is 0.0795 e. The Balaban J connectivity index is 2.98. The Morgan fingerprint density at radius 1 is 1.07 bits per heavy atom. The lowest BCUT2D eigenvalue weighted by atomic mass is 10.3. The first-order valence-corrected chi connectivity index (χ1v) is 5.13. The molecule has 1 unspecified atom stereocenters. The Hall–Kier alpha value is -0.160. The third kappa shape index (κ3) is 9.92. The lowest BCUT2D eigenvalue weighted by molar-refractivity contribution is 0.0130. The van der Waals surface area contributed by atoms with Gasteiger partial charge in [0.15, 0.2) is 0 Å². The quantitative estimate of drug-likeness (QED) is 0.538. The zero-order valence-electron chi connectivity index (χ0n) is 9.20. The Labute approximate surface area is 86.2 Å². The highest BCUT2D eigenvalue weighted by atomic mass is 16.5. The van der Waals surface area contributed by atoms with Crippen LogP contribution in [0.2, 0.25) is 0 Å². The molecule has 0 bridgehead atoms. The molecule has 1 atom stereocenters. The van der Waals surface area contributed by atoms with E-state index in [1.54, 1.807) is 7.11 Å². The molecule has 4 heteroatoms. The number of ether oxygens (including phenoxy) is 3. The Morgan fingerprint density at radius 2 is 1.71 bits per heavy atom. The predicted octanol–water partition coefficient (Wildman–Crippen LogP) is 0.827. The fourth-order valence-electron chi connectivity index (χ4n) is 0.961. The van der Waals surface area contributed by atoms with Gasteiger partial charge in [-0.05, 0) is 12.8 Å². The van der Waals surface area contributed by atoms with Crippen molar-refractivity contribution in [2.45, 2.75) is 25.9 Å². The molecule has 0 aliphatic heterocycles. The fraction of sp³-hybridized carbons (Fsp3) is 1.00. The van der Waals surface area contributed by atoms with Gasteiger partial charge in [0, 0.05) is 20.3 Å². The van der Waals surface area contributed by atoms with Crippen molar-refractivity contribution in [2.24, 2.45) is 0 Å². The predicted molar refractivity (Wildman–Crippen MR) is 54.4 cm³/mol. The van der Waals surface area contributed by atoms with Crippen LogP contribution in [0.3, 0.4) is 0 Å². The van der Waals surface area contributed by atoms with Crippen LogP contribution in [-0.2, 0) is 14.2 Å². The van der Waals surface area contributed by atoms with Crippen LogP contribution >= 0.6 is 0 Å². The van der Waals surface area contributed by atoms with E-state index in [0.29, 0.717) is 32.8 Å². The van der Waals surface area contributed by atoms with Gasteiger partial charge in [-0.2, -0.15) is 0 Å². The molecule has 0 radical (unpaired) electrons. The minimum atomic E-state index is -0.420. The first-order valence-electron chi connectivity index (χ1n) is 5.13. The molecule has 0 saturated heterocycles. The van der Waals surface area contributed by atoms with Gasteiger partial charge in [0.1, 0.15) is 0 Å². The van der Waals surface area contributed by atoms with Gasteiger partial charge in [-0.1, -0.05) is 6.92 Å². The van der Waals surface area contributed by atoms with Crippen LogP contribution in [0.5, 0.6) is 0 Å². The van der Waals surface area contributed by atoms with Crippen molar-refractivity contribution in [1.82, 2.24) is 0 Å². The number of hydrogen-bond donors (Lipinski definition) is 1. The summed E-state index contributed by atoms with van der Waals surface area (Å²) in [6, 6.07) is 0.